The highest BCUT2D eigenvalue weighted by atomic mass is 16.5. The quantitative estimate of drug-likeness (QED) is 0.805. The average Bonchev–Trinajstić information content (AvgIpc) is 3.10. The summed E-state index contributed by atoms with van der Waals surface area (Å²) in [5.41, 5.74) is 1.89. The first-order valence-electron chi connectivity index (χ1n) is 8.09. The van der Waals surface area contributed by atoms with Crippen LogP contribution in [-0.2, 0) is 4.74 Å². The summed E-state index contributed by atoms with van der Waals surface area (Å²) in [5, 5.41) is 8.24. The van der Waals surface area contributed by atoms with Crippen LogP contribution >= 0.6 is 0 Å². The van der Waals surface area contributed by atoms with Crippen LogP contribution in [0.5, 0.6) is 0 Å². The minimum absolute atomic E-state index is 0.229. The highest BCUT2D eigenvalue weighted by molar-refractivity contribution is 6.03. The molecule has 2 aromatic heterocycles. The Balaban J connectivity index is 1.49. The molecule has 3 heterocycles. The lowest BCUT2D eigenvalue weighted by molar-refractivity contribution is 0.0662. The molecule has 1 aliphatic rings. The lowest BCUT2D eigenvalue weighted by Crippen LogP contribution is -2.19. The van der Waals surface area contributed by atoms with Crippen LogP contribution in [0.1, 0.15) is 29.4 Å². The van der Waals surface area contributed by atoms with Gasteiger partial charge in [-0.05, 0) is 25.0 Å². The molecule has 0 radical (unpaired) electrons. The molecule has 1 N–H and O–H groups in total. The number of nitrogens with one attached hydrogen (secondary N) is 1. The number of aromatic nitrogens is 3. The van der Waals surface area contributed by atoms with E-state index in [-0.39, 0.29) is 5.91 Å². The van der Waals surface area contributed by atoms with Crippen molar-refractivity contribution in [2.24, 2.45) is 0 Å². The van der Waals surface area contributed by atoms with Crippen LogP contribution in [0.4, 0.5) is 5.69 Å². The Kier molecular flexibility index (Phi) is 3.96. The van der Waals surface area contributed by atoms with Crippen molar-refractivity contribution in [2.45, 2.75) is 18.9 Å². The van der Waals surface area contributed by atoms with Crippen molar-refractivity contribution in [2.75, 3.05) is 18.5 Å². The second-order valence-electron chi connectivity index (χ2n) is 5.90. The summed E-state index contributed by atoms with van der Waals surface area (Å²) in [5.74, 6) is -0.229. The number of pyridine rings is 1. The summed E-state index contributed by atoms with van der Waals surface area (Å²) in [6, 6.07) is 11.7. The Bertz CT molecular complexity index is 868. The Morgan fingerprint density at radius 1 is 1.17 bits per heavy atom. The number of benzene rings is 1. The molecular formula is C18H18N4O2. The van der Waals surface area contributed by atoms with Gasteiger partial charge >= 0.3 is 0 Å². The monoisotopic (exact) mass is 322 g/mol. The van der Waals surface area contributed by atoms with E-state index in [2.05, 4.69) is 15.4 Å². The van der Waals surface area contributed by atoms with Gasteiger partial charge < -0.3 is 10.1 Å². The third-order valence-corrected chi connectivity index (χ3v) is 4.26. The first-order valence-corrected chi connectivity index (χ1v) is 8.09. The van der Waals surface area contributed by atoms with Crippen LogP contribution in [0, 0.1) is 0 Å². The number of anilines is 1. The first kappa shape index (κ1) is 14.8. The highest BCUT2D eigenvalue weighted by Crippen LogP contribution is 2.21. The Labute approximate surface area is 139 Å². The fraction of sp³-hybridized carbons (Fsp3) is 0.278. The van der Waals surface area contributed by atoms with Crippen LogP contribution in [-0.4, -0.2) is 33.9 Å². The molecule has 122 valence electrons. The number of amides is 1. The van der Waals surface area contributed by atoms with Gasteiger partial charge in [0.2, 0.25) is 0 Å². The molecule has 3 aromatic rings. The molecular weight excluding hydrogens is 304 g/mol. The summed E-state index contributed by atoms with van der Waals surface area (Å²) in [6.07, 6.45) is 5.44. The molecule has 1 aliphatic heterocycles. The predicted octanol–water partition coefficient (Wildman–Crippen LogP) is 3.04. The van der Waals surface area contributed by atoms with Crippen LogP contribution in [0.3, 0.4) is 0 Å². The average molecular weight is 322 g/mol. The standard InChI is InChI=1S/C18H18N4O2/c23-18(17-6-5-13-3-1-2-4-16(13)21-17)20-14-11-19-22(12-14)15-7-9-24-10-8-15/h1-6,11-12,15H,7-10H2,(H,20,23). The zero-order chi connectivity index (χ0) is 16.4. The van der Waals surface area contributed by atoms with E-state index in [0.29, 0.717) is 17.4 Å². The topological polar surface area (TPSA) is 69.0 Å². The first-order chi connectivity index (χ1) is 11.8. The van der Waals surface area contributed by atoms with Gasteiger partial charge in [0.1, 0.15) is 5.69 Å². The van der Waals surface area contributed by atoms with Gasteiger partial charge in [0.15, 0.2) is 0 Å². The van der Waals surface area contributed by atoms with Gasteiger partial charge in [0.05, 0.1) is 23.4 Å². The van der Waals surface area contributed by atoms with E-state index in [0.717, 1.165) is 37.0 Å². The molecule has 6 nitrogen and oxygen atoms in total. The maximum absolute atomic E-state index is 12.4. The number of hydrogen-bond donors (Lipinski definition) is 1. The van der Waals surface area contributed by atoms with E-state index in [1.807, 2.05) is 41.2 Å². The van der Waals surface area contributed by atoms with Gasteiger partial charge in [0, 0.05) is 24.8 Å². The van der Waals surface area contributed by atoms with Crippen molar-refractivity contribution in [3.8, 4) is 0 Å². The van der Waals surface area contributed by atoms with Crippen molar-refractivity contribution in [3.05, 3.63) is 54.5 Å². The lowest BCUT2D eigenvalue weighted by atomic mass is 10.1. The minimum atomic E-state index is -0.229. The van der Waals surface area contributed by atoms with Crippen molar-refractivity contribution < 1.29 is 9.53 Å². The van der Waals surface area contributed by atoms with Crippen LogP contribution < -0.4 is 5.32 Å². The van der Waals surface area contributed by atoms with Gasteiger partial charge in [-0.2, -0.15) is 5.10 Å². The molecule has 1 amide bonds. The second-order valence-corrected chi connectivity index (χ2v) is 5.90. The molecule has 1 aromatic carbocycles. The van der Waals surface area contributed by atoms with Gasteiger partial charge in [-0.1, -0.05) is 24.3 Å². The SMILES string of the molecule is O=C(Nc1cnn(C2CCOCC2)c1)c1ccc2ccccc2n1. The molecule has 1 saturated heterocycles. The summed E-state index contributed by atoms with van der Waals surface area (Å²) in [6.45, 7) is 1.51. The number of carbonyl (C=O) groups is 1. The third kappa shape index (κ3) is 3.00. The zero-order valence-corrected chi connectivity index (χ0v) is 13.2. The van der Waals surface area contributed by atoms with Gasteiger partial charge in [-0.15, -0.1) is 0 Å². The predicted molar refractivity (Wildman–Crippen MR) is 91.0 cm³/mol. The Morgan fingerprint density at radius 3 is 2.88 bits per heavy atom. The number of carbonyl (C=O) groups excluding carboxylic acids is 1. The summed E-state index contributed by atoms with van der Waals surface area (Å²) < 4.78 is 7.28. The molecule has 0 atom stereocenters. The number of nitrogens with zero attached hydrogens (tertiary/aromatic N) is 3. The van der Waals surface area contributed by atoms with E-state index in [1.165, 1.54) is 0 Å². The molecule has 0 saturated carbocycles. The largest absolute Gasteiger partial charge is 0.381 e. The molecule has 0 unspecified atom stereocenters. The van der Waals surface area contributed by atoms with E-state index in [4.69, 9.17) is 4.74 Å². The number of ether oxygens (including phenoxy) is 1. The third-order valence-electron chi connectivity index (χ3n) is 4.26. The molecule has 6 heteroatoms. The lowest BCUT2D eigenvalue weighted by Gasteiger charge is -2.22. The van der Waals surface area contributed by atoms with Gasteiger partial charge in [0.25, 0.3) is 5.91 Å². The fourth-order valence-corrected chi connectivity index (χ4v) is 2.94. The fourth-order valence-electron chi connectivity index (χ4n) is 2.94. The van der Waals surface area contributed by atoms with Crippen molar-refractivity contribution in [1.29, 1.82) is 0 Å². The van der Waals surface area contributed by atoms with E-state index in [1.54, 1.807) is 12.3 Å². The number of hydrogen-bond acceptors (Lipinski definition) is 4. The minimum Gasteiger partial charge on any atom is -0.381 e. The van der Waals surface area contributed by atoms with E-state index < -0.39 is 0 Å². The molecule has 1 fully saturated rings. The van der Waals surface area contributed by atoms with E-state index in [9.17, 15) is 4.79 Å². The van der Waals surface area contributed by atoms with Crippen molar-refractivity contribution >= 4 is 22.5 Å². The van der Waals surface area contributed by atoms with Crippen LogP contribution in [0.25, 0.3) is 10.9 Å². The molecule has 0 bridgehead atoms. The highest BCUT2D eigenvalue weighted by Gasteiger charge is 2.17. The summed E-state index contributed by atoms with van der Waals surface area (Å²) >= 11 is 0. The Morgan fingerprint density at radius 2 is 2.00 bits per heavy atom. The van der Waals surface area contributed by atoms with Crippen molar-refractivity contribution in [1.82, 2.24) is 14.8 Å². The maximum atomic E-state index is 12.4. The van der Waals surface area contributed by atoms with Crippen LogP contribution in [0.2, 0.25) is 0 Å². The van der Waals surface area contributed by atoms with Crippen LogP contribution in [0.15, 0.2) is 48.8 Å². The summed E-state index contributed by atoms with van der Waals surface area (Å²) in [7, 11) is 0. The second kappa shape index (κ2) is 6.41. The molecule has 24 heavy (non-hydrogen) atoms. The molecule has 4 rings (SSSR count). The molecule has 0 aliphatic carbocycles. The van der Waals surface area contributed by atoms with E-state index >= 15 is 0 Å². The van der Waals surface area contributed by atoms with Gasteiger partial charge in [-0.3, -0.25) is 9.48 Å². The number of rotatable bonds is 3. The Hall–Kier alpha value is -2.73. The normalized spacial score (nSPS) is 15.5. The maximum Gasteiger partial charge on any atom is 0.274 e. The molecule has 0 spiro atoms. The summed E-state index contributed by atoms with van der Waals surface area (Å²) in [4.78, 5) is 16.8. The number of fused-ring (bicyclic) bond motifs is 1. The zero-order valence-electron chi connectivity index (χ0n) is 13.2. The van der Waals surface area contributed by atoms with Crippen molar-refractivity contribution in [3.63, 3.8) is 0 Å². The number of para-hydroxylation sites is 1. The smallest absolute Gasteiger partial charge is 0.274 e. The van der Waals surface area contributed by atoms with Gasteiger partial charge in [-0.25, -0.2) is 4.98 Å².